The second-order valence-corrected chi connectivity index (χ2v) is 23.8. The van der Waals surface area contributed by atoms with Gasteiger partial charge in [-0.05, 0) is 196 Å². The number of ether oxygens (including phenoxy) is 2. The number of allylic oxidation sites excluding steroid dienone is 2. The second-order valence-electron chi connectivity index (χ2n) is 21.7. The van der Waals surface area contributed by atoms with Crippen molar-refractivity contribution >= 4 is 68.9 Å². The van der Waals surface area contributed by atoms with Gasteiger partial charge in [-0.3, -0.25) is 9.59 Å². The molecule has 0 aromatic carbocycles. The van der Waals surface area contributed by atoms with Gasteiger partial charge in [-0.1, -0.05) is 26.0 Å². The minimum Gasteiger partial charge on any atom is -0.477 e. The number of carbonyl (C=O) groups is 4. The van der Waals surface area contributed by atoms with Crippen molar-refractivity contribution in [2.45, 2.75) is 217 Å². The zero-order valence-corrected chi connectivity index (χ0v) is 43.1. The standard InChI is InChI=1S/C30H43NO6S.C25H35NO5S/c1-19-8-10-20(11-9-19)29(33)31(22-12-14-24(15-13-22)37-27-7-2-3-16-36-27)25-18-26(38-28(25)30(34)35)21-5-4-6-23(32)17-21;1-15-5-7-16(8-6-15)24(29)26(18-9-11-19(27)12-10-18)21-14-22(32-23(21)25(30)31)17-3-2-4-20(28)13-17/h17-20,22-24,27,32H,2-16H2,1H3,(H,34,35);13-16,18-20,27-28H,2-12H2,1H3,(H,30,31). The minimum atomic E-state index is -1.01. The van der Waals surface area contributed by atoms with Crippen molar-refractivity contribution in [1.82, 2.24) is 0 Å². The van der Waals surface area contributed by atoms with Crippen LogP contribution in [0.4, 0.5) is 11.4 Å². The monoisotopic (exact) mass is 1010 g/mol. The number of anilines is 2. The van der Waals surface area contributed by atoms with E-state index < -0.39 is 24.1 Å². The van der Waals surface area contributed by atoms with E-state index in [0.29, 0.717) is 48.9 Å². The molecule has 6 aliphatic carbocycles. The molecular weight excluding hydrogens is 929 g/mol. The van der Waals surface area contributed by atoms with Gasteiger partial charge in [0.1, 0.15) is 9.75 Å². The molecule has 0 radical (unpaired) electrons. The van der Waals surface area contributed by atoms with Crippen LogP contribution in [0, 0.1) is 23.7 Å². The normalized spacial score (nSPS) is 31.8. The molecule has 15 heteroatoms. The zero-order chi connectivity index (χ0) is 49.5. The van der Waals surface area contributed by atoms with Gasteiger partial charge in [-0.15, -0.1) is 22.7 Å². The van der Waals surface area contributed by atoms with Gasteiger partial charge in [-0.25, -0.2) is 9.59 Å². The molecule has 2 aromatic heterocycles. The summed E-state index contributed by atoms with van der Waals surface area (Å²) < 4.78 is 12.0. The third-order valence-corrected chi connectivity index (χ3v) is 18.7. The number of aliphatic hydroxyl groups excluding tert-OH is 3. The molecule has 386 valence electrons. The lowest BCUT2D eigenvalue weighted by Crippen LogP contribution is -2.47. The Morgan fingerprint density at radius 1 is 0.557 bits per heavy atom. The molecule has 1 saturated heterocycles. The molecule has 0 spiro atoms. The van der Waals surface area contributed by atoms with Crippen LogP contribution in [0.5, 0.6) is 0 Å². The zero-order valence-electron chi connectivity index (χ0n) is 41.4. The topological polar surface area (TPSA) is 194 Å². The predicted molar refractivity (Wildman–Crippen MR) is 274 cm³/mol. The van der Waals surface area contributed by atoms with Crippen molar-refractivity contribution in [3.63, 3.8) is 0 Å². The highest BCUT2D eigenvalue weighted by Gasteiger charge is 2.40. The van der Waals surface area contributed by atoms with Gasteiger partial charge in [0, 0.05) is 40.3 Å². The first-order chi connectivity index (χ1) is 33.7. The summed E-state index contributed by atoms with van der Waals surface area (Å²) >= 11 is 2.45. The smallest absolute Gasteiger partial charge is 0.348 e. The maximum atomic E-state index is 14.1. The average Bonchev–Trinajstić information content (AvgIpc) is 4.01. The number of aromatic carboxylic acids is 2. The lowest BCUT2D eigenvalue weighted by Gasteiger charge is -2.40. The number of carboxylic acid groups (broad SMARTS) is 2. The van der Waals surface area contributed by atoms with Crippen molar-refractivity contribution in [3.05, 3.63) is 43.8 Å². The number of aliphatic hydroxyl groups is 3. The van der Waals surface area contributed by atoms with Crippen LogP contribution in [-0.4, -0.2) is 98.7 Å². The van der Waals surface area contributed by atoms with Crippen LogP contribution in [0.25, 0.3) is 11.1 Å². The number of carboxylic acids is 2. The molecule has 9 rings (SSSR count). The summed E-state index contributed by atoms with van der Waals surface area (Å²) in [6, 6.07) is 3.66. The van der Waals surface area contributed by atoms with Crippen LogP contribution in [0.3, 0.4) is 0 Å². The molecule has 3 atom stereocenters. The molecule has 2 aromatic rings. The first-order valence-corrected chi connectivity index (χ1v) is 28.5. The number of rotatable bonds is 12. The van der Waals surface area contributed by atoms with Crippen molar-refractivity contribution in [1.29, 1.82) is 0 Å². The molecule has 5 N–H and O–H groups in total. The van der Waals surface area contributed by atoms with Crippen LogP contribution in [0.15, 0.2) is 24.3 Å². The average molecular weight is 1010 g/mol. The van der Waals surface area contributed by atoms with Crippen LogP contribution >= 0.6 is 22.7 Å². The maximum absolute atomic E-state index is 14.1. The quantitative estimate of drug-likeness (QED) is 0.136. The van der Waals surface area contributed by atoms with E-state index >= 15 is 0 Å². The van der Waals surface area contributed by atoms with E-state index in [1.807, 2.05) is 29.2 Å². The number of amides is 2. The Labute approximate surface area is 422 Å². The van der Waals surface area contributed by atoms with Gasteiger partial charge in [0.2, 0.25) is 11.8 Å². The van der Waals surface area contributed by atoms with E-state index in [4.69, 9.17) is 9.47 Å². The summed E-state index contributed by atoms with van der Waals surface area (Å²) in [5, 5.41) is 50.5. The molecule has 13 nitrogen and oxygen atoms in total. The van der Waals surface area contributed by atoms with Gasteiger partial charge in [-0.2, -0.15) is 0 Å². The SMILES string of the molecule is CC1CCC(C(=O)N(c2cc(C3=CC(O)CCC3)sc2C(=O)O)C2CCC(O)CC2)CC1.CC1CCC(C(=O)N(c2cc(C3=CC(O)CCC3)sc2C(=O)O)C2CCC(OC3CCCCO3)CC2)CC1. The minimum absolute atomic E-state index is 0.0413. The molecule has 3 heterocycles. The van der Waals surface area contributed by atoms with Crippen molar-refractivity contribution in [2.24, 2.45) is 23.7 Å². The molecule has 0 bridgehead atoms. The van der Waals surface area contributed by atoms with Crippen LogP contribution in [0.2, 0.25) is 0 Å². The molecule has 70 heavy (non-hydrogen) atoms. The summed E-state index contributed by atoms with van der Waals surface area (Å²) in [5.41, 5.74) is 3.01. The van der Waals surface area contributed by atoms with E-state index in [1.54, 1.807) is 4.90 Å². The molecule has 2 amide bonds. The van der Waals surface area contributed by atoms with E-state index in [1.165, 1.54) is 22.7 Å². The maximum Gasteiger partial charge on any atom is 0.348 e. The Bertz CT molecular complexity index is 2160. The third-order valence-electron chi connectivity index (χ3n) is 16.4. The Kier molecular flexibility index (Phi) is 18.5. The highest BCUT2D eigenvalue weighted by molar-refractivity contribution is 7.16. The van der Waals surface area contributed by atoms with E-state index in [0.717, 1.165) is 162 Å². The summed E-state index contributed by atoms with van der Waals surface area (Å²) in [7, 11) is 0. The van der Waals surface area contributed by atoms with Crippen LogP contribution < -0.4 is 9.80 Å². The first-order valence-electron chi connectivity index (χ1n) is 26.9. The molecule has 7 aliphatic rings. The summed E-state index contributed by atoms with van der Waals surface area (Å²) in [6.07, 6.45) is 23.8. The van der Waals surface area contributed by atoms with E-state index in [-0.39, 0.29) is 64.0 Å². The highest BCUT2D eigenvalue weighted by Crippen LogP contribution is 2.45. The van der Waals surface area contributed by atoms with Gasteiger partial charge >= 0.3 is 11.9 Å². The van der Waals surface area contributed by atoms with E-state index in [2.05, 4.69) is 13.8 Å². The molecule has 1 aliphatic heterocycles. The van der Waals surface area contributed by atoms with Gasteiger partial charge in [0.05, 0.1) is 35.8 Å². The number of carbonyl (C=O) groups excluding carboxylic acids is 2. The lowest BCUT2D eigenvalue weighted by molar-refractivity contribution is -0.193. The van der Waals surface area contributed by atoms with Crippen molar-refractivity contribution < 1.29 is 54.2 Å². The Morgan fingerprint density at radius 3 is 1.40 bits per heavy atom. The Balaban J connectivity index is 0.000000191. The first kappa shape index (κ1) is 52.9. The summed E-state index contributed by atoms with van der Waals surface area (Å²) in [5.74, 6) is -0.744. The summed E-state index contributed by atoms with van der Waals surface area (Å²) in [4.78, 5) is 58.4. The number of hydrogen-bond acceptors (Lipinski definition) is 11. The van der Waals surface area contributed by atoms with Gasteiger partial charge in [0.25, 0.3) is 0 Å². The third kappa shape index (κ3) is 13.2. The van der Waals surface area contributed by atoms with E-state index in [9.17, 15) is 44.7 Å². The fraction of sp³-hybridized carbons (Fsp3) is 0.709. The van der Waals surface area contributed by atoms with Crippen molar-refractivity contribution in [2.75, 3.05) is 16.4 Å². The molecule has 3 unspecified atom stereocenters. The van der Waals surface area contributed by atoms with Gasteiger partial charge < -0.3 is 44.8 Å². The van der Waals surface area contributed by atoms with Crippen molar-refractivity contribution in [3.8, 4) is 0 Å². The number of nitrogens with zero attached hydrogens (tertiary/aromatic N) is 2. The number of thiophene rings is 2. The predicted octanol–water partition coefficient (Wildman–Crippen LogP) is 11.2. The molecule has 5 fully saturated rings. The molecular formula is C55H78N2O11S2. The largest absolute Gasteiger partial charge is 0.477 e. The number of hydrogen-bond donors (Lipinski definition) is 5. The lowest BCUT2D eigenvalue weighted by atomic mass is 9.81. The second kappa shape index (κ2) is 24.5. The summed E-state index contributed by atoms with van der Waals surface area (Å²) in [6.45, 7) is 5.23. The fourth-order valence-electron chi connectivity index (χ4n) is 12.1. The molecule has 4 saturated carbocycles. The van der Waals surface area contributed by atoms with Crippen LogP contribution in [-0.2, 0) is 19.1 Å². The highest BCUT2D eigenvalue weighted by atomic mass is 32.1. The Morgan fingerprint density at radius 2 is 1.00 bits per heavy atom. The van der Waals surface area contributed by atoms with Gasteiger partial charge in [0.15, 0.2) is 6.29 Å². The fourth-order valence-corrected chi connectivity index (χ4v) is 14.2. The Hall–Kier alpha value is -3.44. The van der Waals surface area contributed by atoms with Crippen LogP contribution in [0.1, 0.15) is 203 Å².